The summed E-state index contributed by atoms with van der Waals surface area (Å²) in [6, 6.07) is 45.0. The third kappa shape index (κ3) is 4.25. The number of hydrogen-bond donors (Lipinski definition) is 0. The Morgan fingerprint density at radius 2 is 1.11 bits per heavy atom. The second kappa shape index (κ2) is 10.5. The van der Waals surface area contributed by atoms with Crippen LogP contribution in [-0.4, -0.2) is 20.2 Å². The molecular formula is C43H27N3S. The monoisotopic (exact) mass is 617 g/mol. The lowest BCUT2D eigenvalue weighted by molar-refractivity contribution is 0.883. The molecule has 47 heavy (non-hydrogen) atoms. The summed E-state index contributed by atoms with van der Waals surface area (Å²) in [5, 5.41) is 6.34. The number of nitrogens with zero attached hydrogens (tertiary/aromatic N) is 3. The van der Waals surface area contributed by atoms with Gasteiger partial charge in [-0.3, -0.25) is 0 Å². The highest BCUT2D eigenvalue weighted by atomic mass is 32.2. The molecule has 0 N–H and O–H groups in total. The normalized spacial score (nSPS) is 16.7. The molecule has 3 aromatic heterocycles. The lowest BCUT2D eigenvalue weighted by atomic mass is 9.90. The fourth-order valence-corrected chi connectivity index (χ4v) is 8.75. The van der Waals surface area contributed by atoms with Gasteiger partial charge < -0.3 is 0 Å². The summed E-state index contributed by atoms with van der Waals surface area (Å²) in [6.45, 7) is 0. The lowest BCUT2D eigenvalue weighted by Gasteiger charge is -2.15. The summed E-state index contributed by atoms with van der Waals surface area (Å²) >= 11 is 1.98. The Morgan fingerprint density at radius 1 is 0.489 bits per heavy atom. The number of fused-ring (bicyclic) bond motifs is 10. The highest BCUT2D eigenvalue weighted by Gasteiger charge is 2.33. The van der Waals surface area contributed by atoms with Crippen LogP contribution in [0.2, 0.25) is 0 Å². The van der Waals surface area contributed by atoms with Crippen molar-refractivity contribution in [2.75, 3.05) is 0 Å². The van der Waals surface area contributed by atoms with Crippen LogP contribution in [0.25, 0.3) is 77.3 Å². The van der Waals surface area contributed by atoms with E-state index in [0.717, 1.165) is 61.1 Å². The number of aromatic nitrogens is 3. The lowest BCUT2D eigenvalue weighted by Crippen LogP contribution is -2.06. The molecule has 0 saturated carbocycles. The van der Waals surface area contributed by atoms with Crippen molar-refractivity contribution in [1.29, 1.82) is 0 Å². The molecule has 0 radical (unpaired) electrons. The molecule has 220 valence electrons. The van der Waals surface area contributed by atoms with Crippen LogP contribution in [0.15, 0.2) is 157 Å². The standard InChI is InChI=1S/C43H27N3S/c1-2-8-26(9-3-1)35-23-20-29-18-19-30-21-24-36(45-42(30)41(29)44-35)27-14-16-28(17-15-27)40-33-12-5-4-11-32(33)39-37(46-40)25-22-34-31-10-6-7-13-38(31)47-43(34)39/h1-25,31,38H. The number of allylic oxidation sites excluding steroid dienone is 3. The summed E-state index contributed by atoms with van der Waals surface area (Å²) in [7, 11) is 0. The first-order chi connectivity index (χ1) is 23.3. The number of hydrogen-bond acceptors (Lipinski definition) is 4. The van der Waals surface area contributed by atoms with Gasteiger partial charge in [-0.15, -0.1) is 11.8 Å². The largest absolute Gasteiger partial charge is 0.247 e. The number of pyridine rings is 3. The Balaban J connectivity index is 1.07. The maximum atomic E-state index is 5.31. The van der Waals surface area contributed by atoms with E-state index < -0.39 is 0 Å². The SMILES string of the molecule is C1=CC2Sc3c(ccc4nc(-c5ccc(-c6ccc7ccc8ccc(-c9ccccc9)nc8c7n6)cc5)c5ccccc5c34)C2C=C1. The molecule has 0 saturated heterocycles. The molecule has 0 amide bonds. The Kier molecular flexibility index (Phi) is 5.94. The quantitative estimate of drug-likeness (QED) is 0.185. The van der Waals surface area contributed by atoms with Gasteiger partial charge in [0.25, 0.3) is 0 Å². The van der Waals surface area contributed by atoms with E-state index in [2.05, 4.69) is 133 Å². The molecule has 5 aromatic carbocycles. The van der Waals surface area contributed by atoms with Gasteiger partial charge in [0, 0.05) is 54.3 Å². The van der Waals surface area contributed by atoms with Crippen LogP contribution in [0, 0.1) is 0 Å². The van der Waals surface area contributed by atoms with Crippen molar-refractivity contribution in [3.05, 3.63) is 157 Å². The van der Waals surface area contributed by atoms with Gasteiger partial charge in [0.2, 0.25) is 0 Å². The number of benzene rings is 5. The van der Waals surface area contributed by atoms with Crippen LogP contribution in [0.4, 0.5) is 0 Å². The molecule has 0 spiro atoms. The molecule has 2 unspecified atom stereocenters. The maximum Gasteiger partial charge on any atom is 0.0972 e. The molecule has 0 fully saturated rings. The van der Waals surface area contributed by atoms with E-state index in [0.29, 0.717) is 11.2 Å². The van der Waals surface area contributed by atoms with Gasteiger partial charge in [0.05, 0.1) is 33.6 Å². The molecule has 3 nitrogen and oxygen atoms in total. The predicted octanol–water partition coefficient (Wildman–Crippen LogP) is 11.2. The predicted molar refractivity (Wildman–Crippen MR) is 197 cm³/mol. The molecule has 4 heteroatoms. The Labute approximate surface area is 276 Å². The minimum absolute atomic E-state index is 0.429. The summed E-state index contributed by atoms with van der Waals surface area (Å²) in [4.78, 5) is 16.9. The Hall–Kier alpha value is -5.58. The smallest absolute Gasteiger partial charge is 0.0972 e. The third-order valence-corrected chi connectivity index (χ3v) is 11.0. The van der Waals surface area contributed by atoms with E-state index in [1.807, 2.05) is 30.0 Å². The van der Waals surface area contributed by atoms with Crippen LogP contribution in [0.3, 0.4) is 0 Å². The van der Waals surface area contributed by atoms with Crippen LogP contribution < -0.4 is 0 Å². The van der Waals surface area contributed by atoms with Crippen molar-refractivity contribution in [2.24, 2.45) is 0 Å². The first kappa shape index (κ1) is 26.6. The van der Waals surface area contributed by atoms with Crippen LogP contribution in [0.5, 0.6) is 0 Å². The molecule has 1 aliphatic carbocycles. The average molecular weight is 618 g/mol. The van der Waals surface area contributed by atoms with Gasteiger partial charge in [-0.05, 0) is 29.1 Å². The zero-order valence-electron chi connectivity index (χ0n) is 25.3. The van der Waals surface area contributed by atoms with E-state index >= 15 is 0 Å². The van der Waals surface area contributed by atoms with Crippen molar-refractivity contribution in [2.45, 2.75) is 16.1 Å². The van der Waals surface area contributed by atoms with E-state index in [1.165, 1.54) is 26.6 Å². The van der Waals surface area contributed by atoms with E-state index in [4.69, 9.17) is 15.0 Å². The van der Waals surface area contributed by atoms with Crippen LogP contribution in [0.1, 0.15) is 11.5 Å². The van der Waals surface area contributed by atoms with Crippen LogP contribution in [-0.2, 0) is 0 Å². The molecule has 1 aliphatic heterocycles. The van der Waals surface area contributed by atoms with E-state index in [9.17, 15) is 0 Å². The van der Waals surface area contributed by atoms with Gasteiger partial charge in [-0.2, -0.15) is 0 Å². The highest BCUT2D eigenvalue weighted by Crippen LogP contribution is 2.52. The summed E-state index contributed by atoms with van der Waals surface area (Å²) < 4.78 is 0. The van der Waals surface area contributed by atoms with E-state index in [-0.39, 0.29) is 0 Å². The second-order valence-corrected chi connectivity index (χ2v) is 13.5. The molecule has 10 rings (SSSR count). The molecule has 2 aliphatic rings. The zero-order valence-corrected chi connectivity index (χ0v) is 26.2. The maximum absolute atomic E-state index is 5.31. The third-order valence-electron chi connectivity index (χ3n) is 9.59. The fourth-order valence-electron chi connectivity index (χ4n) is 7.25. The van der Waals surface area contributed by atoms with Gasteiger partial charge in [-0.1, -0.05) is 133 Å². The number of rotatable bonds is 3. The Bertz CT molecular complexity index is 2610. The second-order valence-electron chi connectivity index (χ2n) is 12.3. The molecule has 2 atom stereocenters. The van der Waals surface area contributed by atoms with Gasteiger partial charge in [0.1, 0.15) is 0 Å². The van der Waals surface area contributed by atoms with Gasteiger partial charge in [-0.25, -0.2) is 15.0 Å². The molecular weight excluding hydrogens is 591 g/mol. The van der Waals surface area contributed by atoms with Crippen molar-refractivity contribution in [3.63, 3.8) is 0 Å². The molecule has 4 heterocycles. The summed E-state index contributed by atoms with van der Waals surface area (Å²) in [5.74, 6) is 0.429. The highest BCUT2D eigenvalue weighted by molar-refractivity contribution is 8.00. The molecule has 0 bridgehead atoms. The summed E-state index contributed by atoms with van der Waals surface area (Å²) in [6.07, 6.45) is 9.03. The van der Waals surface area contributed by atoms with Crippen molar-refractivity contribution < 1.29 is 0 Å². The van der Waals surface area contributed by atoms with Crippen molar-refractivity contribution in [1.82, 2.24) is 15.0 Å². The van der Waals surface area contributed by atoms with Crippen molar-refractivity contribution >= 4 is 55.2 Å². The number of thioether (sulfide) groups is 1. The average Bonchev–Trinajstić information content (AvgIpc) is 3.53. The first-order valence-corrected chi connectivity index (χ1v) is 16.9. The van der Waals surface area contributed by atoms with Crippen molar-refractivity contribution in [3.8, 4) is 33.8 Å². The van der Waals surface area contributed by atoms with Gasteiger partial charge >= 0.3 is 0 Å². The van der Waals surface area contributed by atoms with Gasteiger partial charge in [0.15, 0.2) is 0 Å². The topological polar surface area (TPSA) is 38.7 Å². The fraction of sp³-hybridized carbons (Fsp3) is 0.0465. The first-order valence-electron chi connectivity index (χ1n) is 16.0. The van der Waals surface area contributed by atoms with Crippen LogP contribution >= 0.6 is 11.8 Å². The van der Waals surface area contributed by atoms with E-state index in [1.54, 1.807) is 0 Å². The minimum Gasteiger partial charge on any atom is -0.247 e. The summed E-state index contributed by atoms with van der Waals surface area (Å²) in [5.41, 5.74) is 10.5. The minimum atomic E-state index is 0.429. The molecule has 8 aromatic rings. The zero-order chi connectivity index (χ0) is 30.9. The Morgan fingerprint density at radius 3 is 1.85 bits per heavy atom.